The first-order chi connectivity index (χ1) is 8.26. The molecule has 0 spiro atoms. The van der Waals surface area contributed by atoms with E-state index in [1.54, 1.807) is 24.3 Å². The highest BCUT2D eigenvalue weighted by Crippen LogP contribution is 2.16. The molecule has 0 aliphatic carbocycles. The Labute approximate surface area is 102 Å². The van der Waals surface area contributed by atoms with Crippen molar-refractivity contribution in [2.75, 3.05) is 0 Å². The number of benzene rings is 1. The number of nitrogens with one attached hydrogen (secondary N) is 1. The van der Waals surface area contributed by atoms with Crippen molar-refractivity contribution < 1.29 is 0 Å². The molecule has 84 valence electrons. The van der Waals surface area contributed by atoms with Crippen LogP contribution in [0.2, 0.25) is 0 Å². The fourth-order valence-electron chi connectivity index (χ4n) is 1.51. The molecular weight excluding hydrogens is 238 g/mol. The van der Waals surface area contributed by atoms with Crippen LogP contribution in [0.1, 0.15) is 11.3 Å². The van der Waals surface area contributed by atoms with Crippen LogP contribution in [-0.2, 0) is 5.88 Å². The molecular formula is C12H8ClN3O. The number of H-pyrrole nitrogens is 1. The van der Waals surface area contributed by atoms with Gasteiger partial charge in [0.15, 0.2) is 0 Å². The predicted octanol–water partition coefficient (Wildman–Crippen LogP) is 2.05. The van der Waals surface area contributed by atoms with Gasteiger partial charge in [-0.3, -0.25) is 9.89 Å². The Morgan fingerprint density at radius 1 is 1.47 bits per heavy atom. The summed E-state index contributed by atoms with van der Waals surface area (Å²) < 4.78 is 0. The number of hydrogen-bond donors (Lipinski definition) is 1. The molecule has 1 aromatic heterocycles. The van der Waals surface area contributed by atoms with E-state index in [0.717, 1.165) is 0 Å². The Hall–Kier alpha value is -2.12. The van der Waals surface area contributed by atoms with Gasteiger partial charge in [-0.1, -0.05) is 12.1 Å². The average Bonchev–Trinajstić information content (AvgIpc) is 2.39. The molecule has 2 aromatic rings. The molecule has 0 bridgehead atoms. The van der Waals surface area contributed by atoms with E-state index in [-0.39, 0.29) is 17.0 Å². The summed E-state index contributed by atoms with van der Waals surface area (Å²) in [5.74, 6) is 0.0567. The van der Waals surface area contributed by atoms with Gasteiger partial charge in [0, 0.05) is 11.8 Å². The molecule has 1 heterocycles. The molecule has 1 aromatic carbocycles. The van der Waals surface area contributed by atoms with Crippen molar-refractivity contribution >= 4 is 11.6 Å². The highest BCUT2D eigenvalue weighted by atomic mass is 35.5. The van der Waals surface area contributed by atoms with Gasteiger partial charge >= 0.3 is 0 Å². The first-order valence-corrected chi connectivity index (χ1v) is 5.43. The van der Waals surface area contributed by atoms with Crippen LogP contribution >= 0.6 is 11.6 Å². The lowest BCUT2D eigenvalue weighted by atomic mass is 10.0. The average molecular weight is 246 g/mol. The Morgan fingerprint density at radius 2 is 2.29 bits per heavy atom. The summed E-state index contributed by atoms with van der Waals surface area (Å²) in [7, 11) is 0. The highest BCUT2D eigenvalue weighted by Gasteiger charge is 2.08. The van der Waals surface area contributed by atoms with Crippen molar-refractivity contribution in [2.24, 2.45) is 0 Å². The van der Waals surface area contributed by atoms with E-state index >= 15 is 0 Å². The molecule has 1 N–H and O–H groups in total. The Kier molecular flexibility index (Phi) is 3.22. The first-order valence-electron chi connectivity index (χ1n) is 4.89. The topological polar surface area (TPSA) is 69.5 Å². The number of halogens is 1. The second-order valence-electron chi connectivity index (χ2n) is 3.40. The maximum absolute atomic E-state index is 12.0. The van der Waals surface area contributed by atoms with E-state index in [0.29, 0.717) is 16.7 Å². The molecule has 4 nitrogen and oxygen atoms in total. The molecule has 0 amide bonds. The molecule has 0 unspecified atom stereocenters. The lowest BCUT2D eigenvalue weighted by Crippen LogP contribution is -2.13. The predicted molar refractivity (Wildman–Crippen MR) is 64.6 cm³/mol. The fourth-order valence-corrected chi connectivity index (χ4v) is 1.69. The quantitative estimate of drug-likeness (QED) is 0.824. The maximum Gasteiger partial charge on any atom is 0.212 e. The zero-order chi connectivity index (χ0) is 12.3. The second-order valence-corrected chi connectivity index (χ2v) is 3.67. The van der Waals surface area contributed by atoms with Crippen molar-refractivity contribution in [3.8, 4) is 17.2 Å². The van der Waals surface area contributed by atoms with Gasteiger partial charge in [-0.2, -0.15) is 10.4 Å². The van der Waals surface area contributed by atoms with Crippen molar-refractivity contribution in [1.82, 2.24) is 10.2 Å². The van der Waals surface area contributed by atoms with Gasteiger partial charge in [-0.15, -0.1) is 11.6 Å². The zero-order valence-electron chi connectivity index (χ0n) is 8.77. The van der Waals surface area contributed by atoms with Crippen LogP contribution in [-0.4, -0.2) is 10.2 Å². The van der Waals surface area contributed by atoms with Gasteiger partial charge in [-0.05, 0) is 17.7 Å². The fraction of sp³-hybridized carbons (Fsp3) is 0.0833. The molecule has 0 aliphatic heterocycles. The van der Waals surface area contributed by atoms with E-state index in [1.165, 1.54) is 6.20 Å². The Balaban J connectivity index is 2.61. The number of nitrogens with zero attached hydrogens (tertiary/aromatic N) is 2. The van der Waals surface area contributed by atoms with E-state index in [2.05, 4.69) is 10.2 Å². The Morgan fingerprint density at radius 3 is 3.00 bits per heavy atom. The molecule has 0 radical (unpaired) electrons. The van der Waals surface area contributed by atoms with Gasteiger partial charge in [0.05, 0.1) is 17.5 Å². The smallest absolute Gasteiger partial charge is 0.212 e. The second kappa shape index (κ2) is 4.81. The van der Waals surface area contributed by atoms with Gasteiger partial charge < -0.3 is 0 Å². The van der Waals surface area contributed by atoms with Crippen molar-refractivity contribution in [3.05, 3.63) is 51.9 Å². The molecule has 5 heteroatoms. The normalized spacial score (nSPS) is 9.88. The van der Waals surface area contributed by atoms with Crippen molar-refractivity contribution in [2.45, 2.75) is 5.88 Å². The molecule has 0 fully saturated rings. The van der Waals surface area contributed by atoms with E-state index < -0.39 is 0 Å². The summed E-state index contributed by atoms with van der Waals surface area (Å²) >= 11 is 5.62. The SMILES string of the molecule is N#Cc1cccc(-c2c[nH]nc(CCl)c2=O)c1. The number of rotatable bonds is 2. The van der Waals surface area contributed by atoms with Crippen LogP contribution in [0.5, 0.6) is 0 Å². The minimum Gasteiger partial charge on any atom is -0.287 e. The summed E-state index contributed by atoms with van der Waals surface area (Å²) in [4.78, 5) is 12.0. The van der Waals surface area contributed by atoms with Crippen LogP contribution in [0, 0.1) is 11.3 Å². The minimum absolute atomic E-state index is 0.0567. The van der Waals surface area contributed by atoms with Crippen molar-refractivity contribution in [1.29, 1.82) is 5.26 Å². The number of aromatic amines is 1. The van der Waals surface area contributed by atoms with Crippen molar-refractivity contribution in [3.63, 3.8) is 0 Å². The summed E-state index contributed by atoms with van der Waals surface area (Å²) in [6.45, 7) is 0. The Bertz CT molecular complexity index is 643. The lowest BCUT2D eigenvalue weighted by molar-refractivity contribution is 0.955. The summed E-state index contributed by atoms with van der Waals surface area (Å²) in [5.41, 5.74) is 1.71. The van der Waals surface area contributed by atoms with Crippen LogP contribution in [0.4, 0.5) is 0 Å². The maximum atomic E-state index is 12.0. The van der Waals surface area contributed by atoms with Crippen LogP contribution < -0.4 is 5.43 Å². The van der Waals surface area contributed by atoms with E-state index in [9.17, 15) is 4.79 Å². The van der Waals surface area contributed by atoms with Gasteiger partial charge in [0.25, 0.3) is 0 Å². The summed E-state index contributed by atoms with van der Waals surface area (Å²) in [5, 5.41) is 15.2. The van der Waals surface area contributed by atoms with Gasteiger partial charge in [0.2, 0.25) is 5.43 Å². The van der Waals surface area contributed by atoms with E-state index in [1.807, 2.05) is 6.07 Å². The molecule has 0 aliphatic rings. The summed E-state index contributed by atoms with van der Waals surface area (Å²) in [6, 6.07) is 8.87. The van der Waals surface area contributed by atoms with Crippen LogP contribution in [0.25, 0.3) is 11.1 Å². The van der Waals surface area contributed by atoms with Gasteiger partial charge in [0.1, 0.15) is 5.69 Å². The van der Waals surface area contributed by atoms with Crippen LogP contribution in [0.3, 0.4) is 0 Å². The number of aromatic nitrogens is 2. The summed E-state index contributed by atoms with van der Waals surface area (Å²) in [6.07, 6.45) is 1.51. The highest BCUT2D eigenvalue weighted by molar-refractivity contribution is 6.16. The number of hydrogen-bond acceptors (Lipinski definition) is 3. The third-order valence-corrected chi connectivity index (χ3v) is 2.60. The standard InChI is InChI=1S/C12H8ClN3O/c13-5-11-12(17)10(7-15-16-11)9-3-1-2-8(4-9)6-14/h1-4,7H,5H2,(H,15,17). The molecule has 2 rings (SSSR count). The van der Waals surface area contributed by atoms with Crippen LogP contribution in [0.15, 0.2) is 35.3 Å². The first kappa shape index (κ1) is 11.4. The number of alkyl halides is 1. The molecule has 0 saturated heterocycles. The molecule has 0 atom stereocenters. The monoisotopic (exact) mass is 245 g/mol. The van der Waals surface area contributed by atoms with Gasteiger partial charge in [-0.25, -0.2) is 0 Å². The largest absolute Gasteiger partial charge is 0.287 e. The molecule has 17 heavy (non-hydrogen) atoms. The lowest BCUT2D eigenvalue weighted by Gasteiger charge is -2.02. The third kappa shape index (κ3) is 2.19. The number of nitriles is 1. The van der Waals surface area contributed by atoms with E-state index in [4.69, 9.17) is 16.9 Å². The molecule has 0 saturated carbocycles. The zero-order valence-corrected chi connectivity index (χ0v) is 9.53. The minimum atomic E-state index is -0.214. The third-order valence-electron chi connectivity index (χ3n) is 2.34.